The molecule has 1 atom stereocenters. The van der Waals surface area contributed by atoms with Crippen molar-refractivity contribution in [2.45, 2.75) is 25.8 Å². The van der Waals surface area contributed by atoms with Gasteiger partial charge in [-0.1, -0.05) is 48.5 Å². The molecule has 1 aliphatic heterocycles. The molecule has 1 heterocycles. The second-order valence-electron chi connectivity index (χ2n) is 6.47. The van der Waals surface area contributed by atoms with Gasteiger partial charge in [-0.25, -0.2) is 8.42 Å². The first-order chi connectivity index (χ1) is 12.0. The predicted molar refractivity (Wildman–Crippen MR) is 99.5 cm³/mol. The molecule has 132 valence electrons. The number of carbonyl (C=O) groups is 1. The summed E-state index contributed by atoms with van der Waals surface area (Å²) >= 11 is 0. The third-order valence-electron chi connectivity index (χ3n) is 4.74. The van der Waals surface area contributed by atoms with Crippen LogP contribution >= 0.6 is 0 Å². The first-order valence-electron chi connectivity index (χ1n) is 8.63. The summed E-state index contributed by atoms with van der Waals surface area (Å²) in [5.74, 6) is 0.178. The summed E-state index contributed by atoms with van der Waals surface area (Å²) in [5.41, 5.74) is 2.78. The van der Waals surface area contributed by atoms with E-state index in [1.807, 2.05) is 61.5 Å². The molecule has 2 aromatic carbocycles. The Kier molecular flexibility index (Phi) is 5.23. The van der Waals surface area contributed by atoms with E-state index >= 15 is 0 Å². The molecule has 1 amide bonds. The van der Waals surface area contributed by atoms with Gasteiger partial charge in [0.2, 0.25) is 0 Å². The van der Waals surface area contributed by atoms with Crippen LogP contribution in [0, 0.1) is 0 Å². The van der Waals surface area contributed by atoms with E-state index in [1.165, 1.54) is 0 Å². The van der Waals surface area contributed by atoms with Crippen LogP contribution in [0.25, 0.3) is 0 Å². The van der Waals surface area contributed by atoms with E-state index in [2.05, 4.69) is 0 Å². The zero-order valence-corrected chi connectivity index (χ0v) is 15.2. The number of amides is 1. The summed E-state index contributed by atoms with van der Waals surface area (Å²) in [5, 5.41) is 0. The van der Waals surface area contributed by atoms with Crippen molar-refractivity contribution in [3.8, 4) is 0 Å². The molecule has 25 heavy (non-hydrogen) atoms. The van der Waals surface area contributed by atoms with E-state index in [0.29, 0.717) is 24.9 Å². The number of nitrogens with zero attached hydrogens (tertiary/aromatic N) is 1. The van der Waals surface area contributed by atoms with Crippen molar-refractivity contribution in [3.05, 3.63) is 71.3 Å². The fourth-order valence-electron chi connectivity index (χ4n) is 3.44. The zero-order chi connectivity index (χ0) is 17.9. The lowest BCUT2D eigenvalue weighted by atomic mass is 9.98. The summed E-state index contributed by atoms with van der Waals surface area (Å²) < 4.78 is 23.6. The van der Waals surface area contributed by atoms with E-state index in [9.17, 15) is 13.2 Å². The van der Waals surface area contributed by atoms with Gasteiger partial charge in [-0.3, -0.25) is 4.79 Å². The molecule has 3 rings (SSSR count). The van der Waals surface area contributed by atoms with E-state index in [0.717, 1.165) is 11.1 Å². The summed E-state index contributed by atoms with van der Waals surface area (Å²) in [4.78, 5) is 14.8. The van der Waals surface area contributed by atoms with Gasteiger partial charge < -0.3 is 4.90 Å². The molecule has 0 aromatic heterocycles. The lowest BCUT2D eigenvalue weighted by molar-refractivity contribution is 0.0707. The minimum absolute atomic E-state index is 0.0730. The molecule has 2 aromatic rings. The minimum Gasteiger partial charge on any atom is -0.335 e. The highest BCUT2D eigenvalue weighted by Crippen LogP contribution is 2.22. The van der Waals surface area contributed by atoms with E-state index < -0.39 is 9.84 Å². The van der Waals surface area contributed by atoms with Crippen LogP contribution in [0.5, 0.6) is 0 Å². The van der Waals surface area contributed by atoms with Gasteiger partial charge in [0.05, 0.1) is 11.5 Å². The fourth-order valence-corrected chi connectivity index (χ4v) is 5.17. The third kappa shape index (κ3) is 4.10. The van der Waals surface area contributed by atoms with Crippen LogP contribution in [0.1, 0.15) is 34.8 Å². The molecule has 0 unspecified atom stereocenters. The number of carbonyl (C=O) groups excluding carboxylic acids is 1. The highest BCUT2D eigenvalue weighted by Gasteiger charge is 2.34. The Balaban J connectivity index is 1.86. The number of sulfone groups is 1. The van der Waals surface area contributed by atoms with Gasteiger partial charge in [0, 0.05) is 18.2 Å². The van der Waals surface area contributed by atoms with E-state index in [1.54, 1.807) is 4.90 Å². The molecule has 5 heteroatoms. The first-order valence-corrected chi connectivity index (χ1v) is 10.5. The highest BCUT2D eigenvalue weighted by molar-refractivity contribution is 7.91. The monoisotopic (exact) mass is 357 g/mol. The molecule has 0 N–H and O–H groups in total. The van der Waals surface area contributed by atoms with Gasteiger partial charge in [-0.2, -0.15) is 0 Å². The number of hydrogen-bond donors (Lipinski definition) is 0. The third-order valence-corrected chi connectivity index (χ3v) is 6.49. The molecule has 4 nitrogen and oxygen atoms in total. The van der Waals surface area contributed by atoms with E-state index in [4.69, 9.17) is 0 Å². The Labute approximate surface area is 149 Å². The summed E-state index contributed by atoms with van der Waals surface area (Å²) in [7, 11) is -3.02. The standard InChI is InChI=1S/C20H23NO3S/c1-2-21(18-12-13-25(23,24)15-18)20(22)19-11-7-6-10-17(19)14-16-8-4-3-5-9-16/h3-11,18H,2,12-15H2,1H3/t18-/m1/s1. The smallest absolute Gasteiger partial charge is 0.254 e. The average Bonchev–Trinajstić information content (AvgIpc) is 2.96. The Hall–Kier alpha value is -2.14. The van der Waals surface area contributed by atoms with Gasteiger partial charge in [0.25, 0.3) is 5.91 Å². The molecule has 1 saturated heterocycles. The van der Waals surface area contributed by atoms with Crippen LogP contribution in [0.4, 0.5) is 0 Å². The van der Waals surface area contributed by atoms with Crippen molar-refractivity contribution in [1.82, 2.24) is 4.90 Å². The van der Waals surface area contributed by atoms with Crippen molar-refractivity contribution in [3.63, 3.8) is 0 Å². The maximum absolute atomic E-state index is 13.1. The molecular formula is C20H23NO3S. The summed E-state index contributed by atoms with van der Waals surface area (Å²) in [6.45, 7) is 2.42. The van der Waals surface area contributed by atoms with Crippen molar-refractivity contribution < 1.29 is 13.2 Å². The average molecular weight is 357 g/mol. The molecule has 0 spiro atoms. The second kappa shape index (κ2) is 7.40. The minimum atomic E-state index is -3.02. The van der Waals surface area contributed by atoms with Crippen LogP contribution in [0.3, 0.4) is 0 Å². The molecular weight excluding hydrogens is 334 g/mol. The largest absolute Gasteiger partial charge is 0.335 e. The number of benzene rings is 2. The molecule has 1 aliphatic rings. The Bertz CT molecular complexity index is 846. The Morgan fingerprint density at radius 2 is 1.76 bits per heavy atom. The quantitative estimate of drug-likeness (QED) is 0.827. The van der Waals surface area contributed by atoms with Crippen LogP contribution < -0.4 is 0 Å². The number of rotatable bonds is 5. The zero-order valence-electron chi connectivity index (χ0n) is 14.4. The molecule has 0 aliphatic carbocycles. The van der Waals surface area contributed by atoms with Gasteiger partial charge in [-0.15, -0.1) is 0 Å². The molecule has 1 fully saturated rings. The van der Waals surface area contributed by atoms with Crippen LogP contribution in [0.15, 0.2) is 54.6 Å². The highest BCUT2D eigenvalue weighted by atomic mass is 32.2. The first kappa shape index (κ1) is 17.7. The van der Waals surface area contributed by atoms with Gasteiger partial charge in [0.1, 0.15) is 0 Å². The maximum Gasteiger partial charge on any atom is 0.254 e. The molecule has 0 radical (unpaired) electrons. The second-order valence-corrected chi connectivity index (χ2v) is 8.70. The Morgan fingerprint density at radius 3 is 2.40 bits per heavy atom. The van der Waals surface area contributed by atoms with E-state index in [-0.39, 0.29) is 23.5 Å². The number of hydrogen-bond acceptors (Lipinski definition) is 3. The van der Waals surface area contributed by atoms with Crippen LogP contribution in [-0.2, 0) is 16.3 Å². The lowest BCUT2D eigenvalue weighted by Gasteiger charge is -2.27. The van der Waals surface area contributed by atoms with Crippen LogP contribution in [0.2, 0.25) is 0 Å². The summed E-state index contributed by atoms with van der Waals surface area (Å²) in [6, 6.07) is 17.4. The molecule has 0 saturated carbocycles. The lowest BCUT2D eigenvalue weighted by Crippen LogP contribution is -2.41. The Morgan fingerprint density at radius 1 is 1.08 bits per heavy atom. The van der Waals surface area contributed by atoms with Gasteiger partial charge >= 0.3 is 0 Å². The maximum atomic E-state index is 13.1. The predicted octanol–water partition coefficient (Wildman–Crippen LogP) is 2.93. The topological polar surface area (TPSA) is 54.5 Å². The van der Waals surface area contributed by atoms with Crippen molar-refractivity contribution in [1.29, 1.82) is 0 Å². The van der Waals surface area contributed by atoms with Crippen molar-refractivity contribution in [2.24, 2.45) is 0 Å². The normalized spacial score (nSPS) is 18.8. The van der Waals surface area contributed by atoms with Crippen molar-refractivity contribution >= 4 is 15.7 Å². The fraction of sp³-hybridized carbons (Fsp3) is 0.350. The van der Waals surface area contributed by atoms with Gasteiger partial charge in [-0.05, 0) is 37.0 Å². The summed E-state index contributed by atoms with van der Waals surface area (Å²) in [6.07, 6.45) is 1.21. The SMILES string of the molecule is CCN(C(=O)c1ccccc1Cc1ccccc1)[C@@H]1CCS(=O)(=O)C1. The molecule has 0 bridgehead atoms. The van der Waals surface area contributed by atoms with Crippen LogP contribution in [-0.4, -0.2) is 43.3 Å². The van der Waals surface area contributed by atoms with Crippen molar-refractivity contribution in [2.75, 3.05) is 18.1 Å². The van der Waals surface area contributed by atoms with Gasteiger partial charge in [0.15, 0.2) is 9.84 Å².